The molecule has 5 N–H and O–H groups in total. The number of H-pyrrole nitrogens is 1. The number of imidazole rings is 1. The minimum Gasteiger partial charge on any atom is -0.483 e. The average molecular weight is 507 g/mol. The molecule has 2 atom stereocenters. The van der Waals surface area contributed by atoms with Crippen LogP contribution in [0, 0.1) is 18.3 Å². The lowest BCUT2D eigenvalue weighted by Crippen LogP contribution is -2.43. The second-order valence-corrected chi connectivity index (χ2v) is 9.06. The van der Waals surface area contributed by atoms with Crippen molar-refractivity contribution in [3.8, 4) is 0 Å². The first-order valence-electron chi connectivity index (χ1n) is 11.3. The van der Waals surface area contributed by atoms with Crippen LogP contribution in [0.2, 0.25) is 0 Å². The first kappa shape index (κ1) is 28.3. The number of likely N-dealkylation sites (tertiary alicyclic amines) is 2. The minimum absolute atomic E-state index is 0.0102. The van der Waals surface area contributed by atoms with Gasteiger partial charge in [0, 0.05) is 62.5 Å². The van der Waals surface area contributed by atoms with Crippen molar-refractivity contribution in [2.75, 3.05) is 52.6 Å². The molecule has 0 aliphatic carbocycles. The maximum Gasteiger partial charge on any atom is 0.290 e. The molecule has 4 rings (SSSR count). The number of amides is 2. The molecule has 2 amide bonds. The van der Waals surface area contributed by atoms with Crippen LogP contribution in [0.5, 0.6) is 0 Å². The second-order valence-electron chi connectivity index (χ2n) is 9.06. The third-order valence-corrected chi connectivity index (χ3v) is 6.27. The summed E-state index contributed by atoms with van der Waals surface area (Å²) in [5.74, 6) is 0.374. The lowest BCUT2D eigenvalue weighted by molar-refractivity contribution is -0.123. The number of anilines is 1. The number of rotatable bonds is 5. The van der Waals surface area contributed by atoms with E-state index in [0.717, 1.165) is 13.1 Å². The molecule has 36 heavy (non-hydrogen) atoms. The Labute approximate surface area is 208 Å². The van der Waals surface area contributed by atoms with Gasteiger partial charge in [-0.15, -0.1) is 0 Å². The molecule has 14 heteroatoms. The van der Waals surface area contributed by atoms with Gasteiger partial charge in [-0.2, -0.15) is 5.10 Å². The number of fused-ring (bicyclic) bond motifs is 1. The summed E-state index contributed by atoms with van der Waals surface area (Å²) in [4.78, 5) is 55.9. The summed E-state index contributed by atoms with van der Waals surface area (Å²) in [6.45, 7) is 7.30. The van der Waals surface area contributed by atoms with Gasteiger partial charge in [0.05, 0.1) is 11.8 Å². The van der Waals surface area contributed by atoms with E-state index in [1.54, 1.807) is 24.0 Å². The minimum atomic E-state index is -0.250. The van der Waals surface area contributed by atoms with Crippen LogP contribution < -0.4 is 5.73 Å². The molecule has 2 fully saturated rings. The molecule has 14 nitrogen and oxygen atoms in total. The van der Waals surface area contributed by atoms with Crippen molar-refractivity contribution in [1.29, 1.82) is 0 Å². The molecular formula is C22H34N8O6. The van der Waals surface area contributed by atoms with Crippen molar-refractivity contribution in [2.24, 2.45) is 11.3 Å². The van der Waals surface area contributed by atoms with Gasteiger partial charge in [-0.05, 0) is 27.9 Å². The number of nitrogens with zero attached hydrogens (tertiary/aromatic N) is 6. The first-order chi connectivity index (χ1) is 17.0. The van der Waals surface area contributed by atoms with Gasteiger partial charge >= 0.3 is 0 Å². The zero-order valence-electron chi connectivity index (χ0n) is 20.9. The Hall–Kier alpha value is -3.94. The van der Waals surface area contributed by atoms with Gasteiger partial charge in [-0.1, -0.05) is 0 Å². The van der Waals surface area contributed by atoms with Gasteiger partial charge in [0.1, 0.15) is 0 Å². The Morgan fingerprint density at radius 3 is 2.19 bits per heavy atom. The first-order valence-corrected chi connectivity index (χ1v) is 11.3. The molecule has 2 aliphatic rings. The molecule has 2 saturated heterocycles. The fraction of sp³-hybridized carbons (Fsp3) is 0.545. The van der Waals surface area contributed by atoms with Crippen molar-refractivity contribution < 1.29 is 29.4 Å². The number of nitrogens with one attached hydrogen (secondary N) is 1. The zero-order valence-corrected chi connectivity index (χ0v) is 20.9. The fourth-order valence-electron chi connectivity index (χ4n) is 5.01. The highest BCUT2D eigenvalue weighted by molar-refractivity contribution is 5.95. The summed E-state index contributed by atoms with van der Waals surface area (Å²) in [6.07, 6.45) is 3.44. The highest BCUT2D eigenvalue weighted by Gasteiger charge is 2.55. The van der Waals surface area contributed by atoms with E-state index in [0.29, 0.717) is 43.1 Å². The molecule has 4 heterocycles. The van der Waals surface area contributed by atoms with E-state index in [2.05, 4.69) is 20.0 Å². The van der Waals surface area contributed by atoms with E-state index >= 15 is 0 Å². The Morgan fingerprint density at radius 2 is 1.75 bits per heavy atom. The van der Waals surface area contributed by atoms with E-state index < -0.39 is 0 Å². The van der Waals surface area contributed by atoms with Gasteiger partial charge in [0.15, 0.2) is 11.6 Å². The maximum atomic E-state index is 13.1. The van der Waals surface area contributed by atoms with Gasteiger partial charge in [0.2, 0.25) is 0 Å². The number of nitrogen functional groups attached to an aromatic ring is 1. The van der Waals surface area contributed by atoms with Crippen LogP contribution in [-0.4, -0.2) is 116 Å². The summed E-state index contributed by atoms with van der Waals surface area (Å²) in [5, 5.41) is 18.0. The van der Waals surface area contributed by atoms with E-state index in [1.807, 2.05) is 30.8 Å². The highest BCUT2D eigenvalue weighted by Crippen LogP contribution is 2.43. The smallest absolute Gasteiger partial charge is 0.290 e. The van der Waals surface area contributed by atoms with Crippen molar-refractivity contribution in [3.63, 3.8) is 0 Å². The standard InChI is InChI=1S/C20H30N8O2.2CH2O2/c1-5-28-7-14(6-22-28)17(29)26-8-15-9-27(12-20(15,11-26)10-25(3)4)18(30)16-13(2)23-19(21)24-16;2*2-1-3/h6-7,15H,5,8-12H2,1-4H3,(H3,21,23,24);2*1H,(H,2,3)/t15-,20+;;/m1../s1. The molecule has 2 aliphatic heterocycles. The third-order valence-electron chi connectivity index (χ3n) is 6.27. The van der Waals surface area contributed by atoms with Crippen LogP contribution in [0.3, 0.4) is 0 Å². The number of aromatic amines is 1. The Kier molecular flexibility index (Phi) is 9.55. The molecule has 2 aromatic heterocycles. The van der Waals surface area contributed by atoms with E-state index in [4.69, 9.17) is 25.5 Å². The summed E-state index contributed by atoms with van der Waals surface area (Å²) < 4.78 is 1.76. The van der Waals surface area contributed by atoms with Gasteiger partial charge in [-0.3, -0.25) is 23.9 Å². The molecule has 198 valence electrons. The Balaban J connectivity index is 0.000000693. The molecule has 0 bridgehead atoms. The second kappa shape index (κ2) is 12.2. The summed E-state index contributed by atoms with van der Waals surface area (Å²) in [7, 11) is 4.06. The number of carbonyl (C=O) groups excluding carboxylic acids is 2. The topological polar surface area (TPSA) is 191 Å². The van der Waals surface area contributed by atoms with Crippen LogP contribution >= 0.6 is 0 Å². The van der Waals surface area contributed by atoms with Crippen LogP contribution in [0.4, 0.5) is 5.95 Å². The van der Waals surface area contributed by atoms with Crippen molar-refractivity contribution >= 4 is 30.7 Å². The van der Waals surface area contributed by atoms with Gasteiger partial charge in [-0.25, -0.2) is 4.98 Å². The van der Waals surface area contributed by atoms with Crippen molar-refractivity contribution in [2.45, 2.75) is 20.4 Å². The Morgan fingerprint density at radius 1 is 1.19 bits per heavy atom. The van der Waals surface area contributed by atoms with Crippen LogP contribution in [0.15, 0.2) is 12.4 Å². The lowest BCUT2D eigenvalue weighted by atomic mass is 9.80. The quantitative estimate of drug-likeness (QED) is 0.391. The summed E-state index contributed by atoms with van der Waals surface area (Å²) in [5.41, 5.74) is 7.24. The SMILES string of the molecule is CCn1cc(C(=O)N2C[C@@H]3CN(C(=O)c4nc(N)[nH]c4C)C[C@]3(CN(C)C)C2)cn1.O=CO.O=CO. The van der Waals surface area contributed by atoms with Gasteiger partial charge < -0.3 is 35.6 Å². The van der Waals surface area contributed by atoms with Gasteiger partial charge in [0.25, 0.3) is 24.8 Å². The Bertz CT molecular complexity index is 1060. The molecule has 2 aromatic rings. The largest absolute Gasteiger partial charge is 0.483 e. The monoisotopic (exact) mass is 506 g/mol. The predicted molar refractivity (Wildman–Crippen MR) is 129 cm³/mol. The molecular weight excluding hydrogens is 472 g/mol. The average Bonchev–Trinajstić information content (AvgIpc) is 3.55. The number of hydrogen-bond acceptors (Lipinski definition) is 8. The van der Waals surface area contributed by atoms with E-state index in [-0.39, 0.29) is 42.0 Å². The predicted octanol–water partition coefficient (Wildman–Crippen LogP) is -0.306. The zero-order chi connectivity index (χ0) is 27.0. The number of carboxylic acid groups (broad SMARTS) is 2. The van der Waals surface area contributed by atoms with Crippen LogP contribution in [-0.2, 0) is 16.1 Å². The molecule has 0 saturated carbocycles. The maximum absolute atomic E-state index is 13.1. The van der Waals surface area contributed by atoms with E-state index in [1.165, 1.54) is 0 Å². The number of carbonyl (C=O) groups is 4. The number of nitrogens with two attached hydrogens (primary N) is 1. The lowest BCUT2D eigenvalue weighted by Gasteiger charge is -2.32. The molecule has 0 radical (unpaired) electrons. The summed E-state index contributed by atoms with van der Waals surface area (Å²) in [6, 6.07) is 0. The summed E-state index contributed by atoms with van der Waals surface area (Å²) >= 11 is 0. The molecule has 0 unspecified atom stereocenters. The number of hydrogen-bond donors (Lipinski definition) is 4. The van der Waals surface area contributed by atoms with Crippen molar-refractivity contribution in [1.82, 2.24) is 34.4 Å². The third kappa shape index (κ3) is 6.19. The van der Waals surface area contributed by atoms with Crippen molar-refractivity contribution in [3.05, 3.63) is 29.3 Å². The fourth-order valence-corrected chi connectivity index (χ4v) is 5.01. The number of aryl methyl sites for hydroxylation is 2. The highest BCUT2D eigenvalue weighted by atomic mass is 16.3. The van der Waals surface area contributed by atoms with E-state index in [9.17, 15) is 9.59 Å². The number of aromatic nitrogens is 4. The van der Waals surface area contributed by atoms with Crippen LogP contribution in [0.25, 0.3) is 0 Å². The van der Waals surface area contributed by atoms with Crippen LogP contribution in [0.1, 0.15) is 33.5 Å². The normalized spacial score (nSPS) is 20.2. The molecule has 0 spiro atoms. The molecule has 0 aromatic carbocycles.